The lowest BCUT2D eigenvalue weighted by Crippen LogP contribution is -2.38. The van der Waals surface area contributed by atoms with Crippen molar-refractivity contribution >= 4 is 40.7 Å². The van der Waals surface area contributed by atoms with Crippen LogP contribution in [0.5, 0.6) is 0 Å². The van der Waals surface area contributed by atoms with Gasteiger partial charge in [0.05, 0.1) is 17.4 Å². The van der Waals surface area contributed by atoms with Crippen molar-refractivity contribution in [3.8, 4) is 0 Å². The summed E-state index contributed by atoms with van der Waals surface area (Å²) in [6.45, 7) is 8.46. The minimum absolute atomic E-state index is 0.211. The Morgan fingerprint density at radius 2 is 1.79 bits per heavy atom. The first kappa shape index (κ1) is 27.1. The van der Waals surface area contributed by atoms with Crippen molar-refractivity contribution in [2.45, 2.75) is 45.8 Å². The number of pyridine rings is 1. The predicted octanol–water partition coefficient (Wildman–Crippen LogP) is 4.05. The molecule has 2 heterocycles. The molecule has 0 saturated carbocycles. The van der Waals surface area contributed by atoms with Crippen LogP contribution in [0.25, 0.3) is 0 Å². The molecule has 0 aliphatic heterocycles. The summed E-state index contributed by atoms with van der Waals surface area (Å²) < 4.78 is 5.26. The van der Waals surface area contributed by atoms with E-state index >= 15 is 0 Å². The normalized spacial score (nSPS) is 12.1. The van der Waals surface area contributed by atoms with E-state index in [9.17, 15) is 14.4 Å². The molecule has 0 fully saturated rings. The minimum atomic E-state index is -0.633. The van der Waals surface area contributed by atoms with Gasteiger partial charge in [0.25, 0.3) is 5.91 Å². The molecule has 2 aromatic rings. The quantitative estimate of drug-likeness (QED) is 0.420. The monoisotopic (exact) mass is 490 g/mol. The number of carbonyl (C=O) groups is 3. The Labute approximate surface area is 204 Å². The van der Waals surface area contributed by atoms with Crippen LogP contribution in [-0.4, -0.2) is 60.7 Å². The summed E-state index contributed by atoms with van der Waals surface area (Å²) >= 11 is 1.33. The van der Waals surface area contributed by atoms with E-state index in [-0.39, 0.29) is 17.8 Å². The third-order valence-corrected chi connectivity index (χ3v) is 5.22. The zero-order chi connectivity index (χ0) is 25.3. The van der Waals surface area contributed by atoms with Crippen LogP contribution in [0, 0.1) is 0 Å². The number of thiophene rings is 1. The lowest BCUT2D eigenvalue weighted by Gasteiger charge is -2.21. The number of carbonyl (C=O) groups excluding carboxylic acids is 3. The van der Waals surface area contributed by atoms with Gasteiger partial charge in [-0.3, -0.25) is 15.1 Å². The molecule has 2 rings (SSSR count). The van der Waals surface area contributed by atoms with Gasteiger partial charge in [-0.2, -0.15) is 0 Å². The Hall–Kier alpha value is -3.18. The van der Waals surface area contributed by atoms with Crippen molar-refractivity contribution in [1.82, 2.24) is 20.5 Å². The maximum Gasteiger partial charge on any atom is 0.412 e. The second-order valence-corrected chi connectivity index (χ2v) is 9.65. The van der Waals surface area contributed by atoms with Crippen LogP contribution in [-0.2, 0) is 4.74 Å². The van der Waals surface area contributed by atoms with Crippen molar-refractivity contribution in [3.05, 3.63) is 40.3 Å². The standard InChI is InChI=1S/C23H34N6O4S/c1-7-24-21(31)27-16(10-11-29(5)6)15-8-9-17(25-12-15)20(30)26-18-13-34-14-19(18)28-22(32)33-23(2,3)4/h8-9,12-14,16H,7,10-11H2,1-6H3,(H,26,30)(H,28,32)(H2,24,27,31). The predicted molar refractivity (Wildman–Crippen MR) is 134 cm³/mol. The number of aromatic nitrogens is 1. The van der Waals surface area contributed by atoms with Crippen molar-refractivity contribution in [1.29, 1.82) is 0 Å². The highest BCUT2D eigenvalue weighted by molar-refractivity contribution is 7.09. The highest BCUT2D eigenvalue weighted by atomic mass is 32.1. The molecule has 10 nitrogen and oxygen atoms in total. The molecule has 0 aromatic carbocycles. The average Bonchev–Trinajstić information content (AvgIpc) is 3.16. The lowest BCUT2D eigenvalue weighted by atomic mass is 10.1. The van der Waals surface area contributed by atoms with Crippen LogP contribution in [0.3, 0.4) is 0 Å². The lowest BCUT2D eigenvalue weighted by molar-refractivity contribution is 0.0635. The van der Waals surface area contributed by atoms with Gasteiger partial charge < -0.3 is 25.6 Å². The molecule has 0 saturated heterocycles. The van der Waals surface area contributed by atoms with Gasteiger partial charge in [0.2, 0.25) is 0 Å². The summed E-state index contributed by atoms with van der Waals surface area (Å²) in [6, 6.07) is 2.89. The molecular formula is C23H34N6O4S. The van der Waals surface area contributed by atoms with Crippen LogP contribution in [0.4, 0.5) is 21.0 Å². The fourth-order valence-electron chi connectivity index (χ4n) is 2.92. The molecule has 0 aliphatic rings. The number of nitrogens with zero attached hydrogens (tertiary/aromatic N) is 2. The first-order valence-corrected chi connectivity index (χ1v) is 12.0. The van der Waals surface area contributed by atoms with E-state index in [0.717, 1.165) is 12.1 Å². The van der Waals surface area contributed by atoms with E-state index in [4.69, 9.17) is 4.74 Å². The first-order valence-electron chi connectivity index (χ1n) is 11.0. The van der Waals surface area contributed by atoms with Gasteiger partial charge in [-0.15, -0.1) is 11.3 Å². The SMILES string of the molecule is CCNC(=O)NC(CCN(C)C)c1ccc(C(=O)Nc2cscc2NC(=O)OC(C)(C)C)nc1. The van der Waals surface area contributed by atoms with Gasteiger partial charge >= 0.3 is 12.1 Å². The number of hydrogen-bond acceptors (Lipinski definition) is 7. The van der Waals surface area contributed by atoms with Crippen LogP contribution < -0.4 is 21.3 Å². The third-order valence-electron chi connectivity index (χ3n) is 4.47. The number of amides is 4. The summed E-state index contributed by atoms with van der Waals surface area (Å²) in [7, 11) is 3.93. The summed E-state index contributed by atoms with van der Waals surface area (Å²) in [5.74, 6) is -0.418. The number of urea groups is 1. The molecular weight excluding hydrogens is 456 g/mol. The fourth-order valence-corrected chi connectivity index (χ4v) is 3.63. The molecule has 1 atom stereocenters. The molecule has 1 unspecified atom stereocenters. The molecule has 2 aromatic heterocycles. The highest BCUT2D eigenvalue weighted by Crippen LogP contribution is 2.27. The molecule has 186 valence electrons. The smallest absolute Gasteiger partial charge is 0.412 e. The number of anilines is 2. The Morgan fingerprint density at radius 3 is 2.35 bits per heavy atom. The molecule has 11 heteroatoms. The first-order chi connectivity index (χ1) is 16.0. The van der Waals surface area contributed by atoms with Gasteiger partial charge in [-0.1, -0.05) is 6.07 Å². The zero-order valence-corrected chi connectivity index (χ0v) is 21.3. The number of hydrogen-bond donors (Lipinski definition) is 4. The Balaban J connectivity index is 2.07. The van der Waals surface area contributed by atoms with Crippen molar-refractivity contribution < 1.29 is 19.1 Å². The van der Waals surface area contributed by atoms with Crippen LogP contribution >= 0.6 is 11.3 Å². The van der Waals surface area contributed by atoms with E-state index in [1.54, 1.807) is 49.9 Å². The molecule has 4 amide bonds. The van der Waals surface area contributed by atoms with Crippen LogP contribution in [0.15, 0.2) is 29.1 Å². The van der Waals surface area contributed by atoms with Gasteiger partial charge in [0.15, 0.2) is 0 Å². The Kier molecular flexibility index (Phi) is 9.82. The number of ether oxygens (including phenoxy) is 1. The van der Waals surface area contributed by atoms with E-state index in [2.05, 4.69) is 26.3 Å². The van der Waals surface area contributed by atoms with Gasteiger partial charge in [-0.25, -0.2) is 9.59 Å². The highest BCUT2D eigenvalue weighted by Gasteiger charge is 2.20. The topological polar surface area (TPSA) is 125 Å². The summed E-state index contributed by atoms with van der Waals surface area (Å²) in [5.41, 5.74) is 1.27. The minimum Gasteiger partial charge on any atom is -0.444 e. The third kappa shape index (κ3) is 8.99. The van der Waals surface area contributed by atoms with E-state index in [0.29, 0.717) is 24.3 Å². The van der Waals surface area contributed by atoms with Gasteiger partial charge in [-0.05, 0) is 66.4 Å². The largest absolute Gasteiger partial charge is 0.444 e. The maximum absolute atomic E-state index is 12.7. The summed E-state index contributed by atoms with van der Waals surface area (Å²) in [5, 5.41) is 14.5. The zero-order valence-electron chi connectivity index (χ0n) is 20.5. The van der Waals surface area contributed by atoms with Gasteiger partial charge in [0.1, 0.15) is 11.3 Å². The number of nitrogens with one attached hydrogen (secondary N) is 4. The van der Waals surface area contributed by atoms with Crippen LogP contribution in [0.1, 0.15) is 56.2 Å². The second kappa shape index (κ2) is 12.3. The number of rotatable bonds is 9. The Bertz CT molecular complexity index is 969. The molecule has 0 spiro atoms. The second-order valence-electron chi connectivity index (χ2n) is 8.91. The Morgan fingerprint density at radius 1 is 1.12 bits per heavy atom. The molecule has 0 radical (unpaired) electrons. The average molecular weight is 491 g/mol. The summed E-state index contributed by atoms with van der Waals surface area (Å²) in [6.07, 6.45) is 1.67. The molecule has 0 bridgehead atoms. The van der Waals surface area contributed by atoms with E-state index in [1.807, 2.05) is 25.9 Å². The van der Waals surface area contributed by atoms with Crippen molar-refractivity contribution in [2.75, 3.05) is 37.8 Å². The maximum atomic E-state index is 12.7. The molecule has 4 N–H and O–H groups in total. The van der Waals surface area contributed by atoms with Crippen LogP contribution in [0.2, 0.25) is 0 Å². The fraction of sp³-hybridized carbons (Fsp3) is 0.478. The van der Waals surface area contributed by atoms with Crippen molar-refractivity contribution in [3.63, 3.8) is 0 Å². The van der Waals surface area contributed by atoms with Gasteiger partial charge in [0, 0.05) is 23.5 Å². The summed E-state index contributed by atoms with van der Waals surface area (Å²) in [4.78, 5) is 43.2. The molecule has 34 heavy (non-hydrogen) atoms. The van der Waals surface area contributed by atoms with E-state index < -0.39 is 17.6 Å². The van der Waals surface area contributed by atoms with E-state index in [1.165, 1.54) is 11.3 Å². The van der Waals surface area contributed by atoms with Crippen molar-refractivity contribution in [2.24, 2.45) is 0 Å². The molecule has 0 aliphatic carbocycles.